The van der Waals surface area contributed by atoms with E-state index < -0.39 is 11.5 Å². The van der Waals surface area contributed by atoms with Gasteiger partial charge < -0.3 is 20.1 Å². The molecule has 0 aliphatic heterocycles. The van der Waals surface area contributed by atoms with Gasteiger partial charge in [0, 0.05) is 5.41 Å². The standard InChI is InChI=1S/C20H21N5O3/c1-11-13(25-10-22-16-17(25)23-19(21)24-18(16)27)7-14(26)20(11)8-15(20)28-9-12-5-3-2-4-6-12/h2-6,10,13-15,26H,1,7-9H2,(H3,21,23,24,27)/t13?,14-,15?,20?/m0/s1. The average molecular weight is 379 g/mol. The maximum absolute atomic E-state index is 12.0. The molecule has 8 heteroatoms. The molecule has 1 spiro atoms. The van der Waals surface area contributed by atoms with Gasteiger partial charge in [-0.3, -0.25) is 9.78 Å². The van der Waals surface area contributed by atoms with Crippen molar-refractivity contribution in [1.82, 2.24) is 19.5 Å². The molecule has 8 nitrogen and oxygen atoms in total. The highest BCUT2D eigenvalue weighted by Gasteiger charge is 2.67. The maximum atomic E-state index is 12.0. The van der Waals surface area contributed by atoms with Crippen molar-refractivity contribution in [2.24, 2.45) is 5.41 Å². The summed E-state index contributed by atoms with van der Waals surface area (Å²) in [6.45, 7) is 4.78. The second kappa shape index (κ2) is 6.02. The van der Waals surface area contributed by atoms with Gasteiger partial charge in [0.15, 0.2) is 11.2 Å². The predicted octanol–water partition coefficient (Wildman–Crippen LogP) is 1.54. The summed E-state index contributed by atoms with van der Waals surface area (Å²) in [6.07, 6.45) is 2.14. The second-order valence-electron chi connectivity index (χ2n) is 7.60. The quantitative estimate of drug-likeness (QED) is 0.592. The lowest BCUT2D eigenvalue weighted by molar-refractivity contribution is 0.0442. The van der Waals surface area contributed by atoms with E-state index in [1.54, 1.807) is 10.9 Å². The summed E-state index contributed by atoms with van der Waals surface area (Å²) in [6, 6.07) is 9.75. The van der Waals surface area contributed by atoms with Crippen LogP contribution in [0.25, 0.3) is 11.2 Å². The van der Waals surface area contributed by atoms with E-state index >= 15 is 0 Å². The van der Waals surface area contributed by atoms with Gasteiger partial charge in [0.05, 0.1) is 31.2 Å². The molecule has 4 atom stereocenters. The Morgan fingerprint density at radius 3 is 2.96 bits per heavy atom. The van der Waals surface area contributed by atoms with Crippen molar-refractivity contribution < 1.29 is 9.84 Å². The minimum Gasteiger partial charge on any atom is -0.392 e. The van der Waals surface area contributed by atoms with Gasteiger partial charge in [-0.25, -0.2) is 4.98 Å². The number of aromatic nitrogens is 4. The van der Waals surface area contributed by atoms with Crippen LogP contribution in [0, 0.1) is 5.41 Å². The van der Waals surface area contributed by atoms with Crippen molar-refractivity contribution in [3.05, 3.63) is 64.7 Å². The number of nitrogen functional groups attached to an aromatic ring is 1. The largest absolute Gasteiger partial charge is 0.392 e. The van der Waals surface area contributed by atoms with Gasteiger partial charge in [0.25, 0.3) is 5.56 Å². The molecule has 144 valence electrons. The number of nitrogens with one attached hydrogen (secondary N) is 1. The third-order valence-corrected chi connectivity index (χ3v) is 6.06. The topological polar surface area (TPSA) is 119 Å². The lowest BCUT2D eigenvalue weighted by atomic mass is 9.97. The van der Waals surface area contributed by atoms with Crippen LogP contribution < -0.4 is 11.3 Å². The highest BCUT2D eigenvalue weighted by molar-refractivity contribution is 5.71. The minimum absolute atomic E-state index is 0.0358. The van der Waals surface area contributed by atoms with Crippen LogP contribution in [0.15, 0.2) is 53.6 Å². The molecule has 5 rings (SSSR count). The summed E-state index contributed by atoms with van der Waals surface area (Å²) in [4.78, 5) is 22.9. The molecule has 0 bridgehead atoms. The summed E-state index contributed by atoms with van der Waals surface area (Å²) in [7, 11) is 0. The number of benzene rings is 1. The van der Waals surface area contributed by atoms with E-state index in [0.29, 0.717) is 18.7 Å². The fourth-order valence-electron chi connectivity index (χ4n) is 4.46. The Hall–Kier alpha value is -2.97. The van der Waals surface area contributed by atoms with Crippen molar-refractivity contribution in [3.63, 3.8) is 0 Å². The number of nitrogens with zero attached hydrogens (tertiary/aromatic N) is 3. The highest BCUT2D eigenvalue weighted by atomic mass is 16.5. The van der Waals surface area contributed by atoms with E-state index in [2.05, 4.69) is 21.5 Å². The molecule has 0 radical (unpaired) electrons. The number of aromatic amines is 1. The number of hydrogen-bond acceptors (Lipinski definition) is 6. The fraction of sp³-hybridized carbons (Fsp3) is 0.350. The number of ether oxygens (including phenoxy) is 1. The van der Waals surface area contributed by atoms with Crippen LogP contribution in [-0.2, 0) is 11.3 Å². The molecule has 0 amide bonds. The predicted molar refractivity (Wildman–Crippen MR) is 103 cm³/mol. The van der Waals surface area contributed by atoms with Crippen molar-refractivity contribution >= 4 is 17.1 Å². The summed E-state index contributed by atoms with van der Waals surface area (Å²) in [5.74, 6) is 0.0358. The van der Waals surface area contributed by atoms with Crippen LogP contribution in [0.2, 0.25) is 0 Å². The van der Waals surface area contributed by atoms with Crippen LogP contribution in [-0.4, -0.2) is 36.8 Å². The molecule has 1 aromatic carbocycles. The van der Waals surface area contributed by atoms with Crippen LogP contribution in [0.3, 0.4) is 0 Å². The zero-order valence-electron chi connectivity index (χ0n) is 15.2. The third-order valence-electron chi connectivity index (χ3n) is 6.06. The number of rotatable bonds is 4. The third kappa shape index (κ3) is 2.42. The van der Waals surface area contributed by atoms with Gasteiger partial charge in [0.2, 0.25) is 5.95 Å². The number of imidazole rings is 1. The fourth-order valence-corrected chi connectivity index (χ4v) is 4.46. The zero-order chi connectivity index (χ0) is 19.5. The number of aliphatic hydroxyl groups is 1. The van der Waals surface area contributed by atoms with Crippen molar-refractivity contribution in [2.45, 2.75) is 37.7 Å². The molecule has 28 heavy (non-hydrogen) atoms. The number of aliphatic hydroxyl groups excluding tert-OH is 1. The molecule has 2 heterocycles. The maximum Gasteiger partial charge on any atom is 0.280 e. The Morgan fingerprint density at radius 1 is 1.39 bits per heavy atom. The number of hydrogen-bond donors (Lipinski definition) is 3. The first kappa shape index (κ1) is 17.2. The number of H-pyrrole nitrogens is 1. The lowest BCUT2D eigenvalue weighted by Gasteiger charge is -2.18. The van der Waals surface area contributed by atoms with Gasteiger partial charge in [0.1, 0.15) is 0 Å². The molecular weight excluding hydrogens is 358 g/mol. The summed E-state index contributed by atoms with van der Waals surface area (Å²) < 4.78 is 7.86. The summed E-state index contributed by atoms with van der Waals surface area (Å²) >= 11 is 0. The van der Waals surface area contributed by atoms with E-state index in [1.165, 1.54) is 0 Å². The van der Waals surface area contributed by atoms with Gasteiger partial charge in [-0.1, -0.05) is 36.9 Å². The highest BCUT2D eigenvalue weighted by Crippen LogP contribution is 2.65. The first-order valence-electron chi connectivity index (χ1n) is 9.26. The molecule has 2 aliphatic carbocycles. The van der Waals surface area contributed by atoms with Gasteiger partial charge in [-0.2, -0.15) is 4.98 Å². The van der Waals surface area contributed by atoms with Crippen LogP contribution >= 0.6 is 0 Å². The Morgan fingerprint density at radius 2 is 2.18 bits per heavy atom. The molecular formula is C20H21N5O3. The number of fused-ring (bicyclic) bond motifs is 1. The van der Waals surface area contributed by atoms with Crippen LogP contribution in [0.5, 0.6) is 0 Å². The van der Waals surface area contributed by atoms with E-state index in [9.17, 15) is 9.90 Å². The molecule has 3 unspecified atom stereocenters. The zero-order valence-corrected chi connectivity index (χ0v) is 15.2. The molecule has 2 aromatic heterocycles. The molecule has 2 fully saturated rings. The average Bonchev–Trinajstić information content (AvgIpc) is 3.20. The molecule has 2 aliphatic rings. The Kier molecular flexibility index (Phi) is 3.68. The first-order valence-corrected chi connectivity index (χ1v) is 9.26. The second-order valence-corrected chi connectivity index (χ2v) is 7.60. The molecule has 4 N–H and O–H groups in total. The minimum atomic E-state index is -0.567. The smallest absolute Gasteiger partial charge is 0.280 e. The van der Waals surface area contributed by atoms with Crippen molar-refractivity contribution in [2.75, 3.05) is 5.73 Å². The van der Waals surface area contributed by atoms with Gasteiger partial charge in [-0.15, -0.1) is 0 Å². The summed E-state index contributed by atoms with van der Waals surface area (Å²) in [5.41, 5.74) is 7.47. The number of nitrogens with two attached hydrogens (primary N) is 1. The van der Waals surface area contributed by atoms with Gasteiger partial charge >= 0.3 is 0 Å². The summed E-state index contributed by atoms with van der Waals surface area (Å²) in [5, 5.41) is 10.8. The first-order chi connectivity index (χ1) is 13.5. The van der Waals surface area contributed by atoms with Crippen LogP contribution in [0.1, 0.15) is 24.4 Å². The van der Waals surface area contributed by atoms with E-state index in [0.717, 1.165) is 17.6 Å². The van der Waals surface area contributed by atoms with Crippen LogP contribution in [0.4, 0.5) is 5.95 Å². The monoisotopic (exact) mass is 379 g/mol. The van der Waals surface area contributed by atoms with E-state index in [-0.39, 0.29) is 29.2 Å². The van der Waals surface area contributed by atoms with E-state index in [4.69, 9.17) is 10.5 Å². The Bertz CT molecular complexity index is 1120. The number of anilines is 1. The molecule has 2 saturated carbocycles. The molecule has 0 saturated heterocycles. The SMILES string of the molecule is C=C1C(n2cnc3c(=O)[nH]c(N)nc32)C[C@H](O)C12CC2OCc1ccccc1. The lowest BCUT2D eigenvalue weighted by Crippen LogP contribution is -2.21. The Labute approximate surface area is 160 Å². The Balaban J connectivity index is 1.40. The van der Waals surface area contributed by atoms with E-state index in [1.807, 2.05) is 30.3 Å². The van der Waals surface area contributed by atoms with Crippen molar-refractivity contribution in [1.29, 1.82) is 0 Å². The van der Waals surface area contributed by atoms with Crippen molar-refractivity contribution in [3.8, 4) is 0 Å². The normalized spacial score (nSPS) is 29.0. The molecule has 3 aromatic rings. The van der Waals surface area contributed by atoms with Gasteiger partial charge in [-0.05, 0) is 24.0 Å².